The van der Waals surface area contributed by atoms with Crippen LogP contribution in [0.2, 0.25) is 0 Å². The van der Waals surface area contributed by atoms with Gasteiger partial charge in [0.15, 0.2) is 6.61 Å². The molecule has 2 N–H and O–H groups in total. The van der Waals surface area contributed by atoms with Crippen molar-refractivity contribution in [3.8, 4) is 5.75 Å². The third kappa shape index (κ3) is 3.04. The van der Waals surface area contributed by atoms with Crippen molar-refractivity contribution in [3.05, 3.63) is 71.3 Å². The Morgan fingerprint density at radius 3 is 2.48 bits per heavy atom. The fourth-order valence-corrected chi connectivity index (χ4v) is 2.71. The predicted octanol–water partition coefficient (Wildman–Crippen LogP) is 4.30. The van der Waals surface area contributed by atoms with Crippen molar-refractivity contribution in [2.75, 3.05) is 12.3 Å². The van der Waals surface area contributed by atoms with Gasteiger partial charge in [0, 0.05) is 5.56 Å². The van der Waals surface area contributed by atoms with Crippen molar-refractivity contribution in [2.45, 2.75) is 13.8 Å². The van der Waals surface area contributed by atoms with Gasteiger partial charge in [0.2, 0.25) is 5.78 Å². The summed E-state index contributed by atoms with van der Waals surface area (Å²) in [4.78, 5) is 12.6. The number of fused-ring (bicyclic) bond motifs is 1. The Morgan fingerprint density at radius 1 is 1.00 bits per heavy atom. The first kappa shape index (κ1) is 15.1. The summed E-state index contributed by atoms with van der Waals surface area (Å²) in [5.74, 6) is 0.488. The molecule has 3 aromatic rings. The number of carbonyl (C=O) groups excluding carboxylic acids is 1. The second kappa shape index (κ2) is 6.13. The standard InChI is InChI=1S/C20H19NO2/c1-13-7-10-20(18(21)11-13)23-12-19(22)17-9-8-14(2)15-5-3-4-6-16(15)17/h3-11H,12,21H2,1-2H3. The number of hydrogen-bond donors (Lipinski definition) is 1. The number of benzene rings is 3. The quantitative estimate of drug-likeness (QED) is 0.577. The molecule has 0 aliphatic heterocycles. The van der Waals surface area contributed by atoms with E-state index in [1.165, 1.54) is 0 Å². The Bertz CT molecular complexity index is 884. The number of ether oxygens (including phenoxy) is 1. The number of carbonyl (C=O) groups is 1. The molecule has 0 bridgehead atoms. The molecule has 23 heavy (non-hydrogen) atoms. The largest absolute Gasteiger partial charge is 0.483 e. The lowest BCUT2D eigenvalue weighted by Gasteiger charge is -2.11. The second-order valence-electron chi connectivity index (χ2n) is 5.73. The summed E-state index contributed by atoms with van der Waals surface area (Å²) in [7, 11) is 0. The molecule has 3 heteroatoms. The third-order valence-electron chi connectivity index (χ3n) is 3.97. The minimum Gasteiger partial charge on any atom is -0.483 e. The van der Waals surface area contributed by atoms with Gasteiger partial charge in [-0.1, -0.05) is 42.5 Å². The van der Waals surface area contributed by atoms with E-state index in [1.54, 1.807) is 6.07 Å². The van der Waals surface area contributed by atoms with E-state index in [4.69, 9.17) is 10.5 Å². The highest BCUT2D eigenvalue weighted by Crippen LogP contribution is 2.25. The molecular formula is C20H19NO2. The molecule has 0 atom stereocenters. The molecule has 0 aromatic heterocycles. The highest BCUT2D eigenvalue weighted by Gasteiger charge is 2.12. The maximum absolute atomic E-state index is 12.6. The molecule has 3 nitrogen and oxygen atoms in total. The zero-order valence-corrected chi connectivity index (χ0v) is 13.3. The summed E-state index contributed by atoms with van der Waals surface area (Å²) in [6.07, 6.45) is 0. The first-order chi connectivity index (χ1) is 11.1. The molecule has 0 amide bonds. The normalized spacial score (nSPS) is 10.7. The van der Waals surface area contributed by atoms with Crippen LogP contribution in [0.4, 0.5) is 5.69 Å². The molecule has 0 fully saturated rings. The maximum atomic E-state index is 12.6. The van der Waals surface area contributed by atoms with Crippen LogP contribution in [0.5, 0.6) is 5.75 Å². The fourth-order valence-electron chi connectivity index (χ4n) is 2.71. The number of rotatable bonds is 4. The van der Waals surface area contributed by atoms with Gasteiger partial charge in [0.1, 0.15) is 5.75 Å². The number of Topliss-reactive ketones (excluding diaryl/α,β-unsaturated/α-hetero) is 1. The zero-order chi connectivity index (χ0) is 16.4. The lowest BCUT2D eigenvalue weighted by molar-refractivity contribution is 0.0924. The van der Waals surface area contributed by atoms with Crippen LogP contribution in [0.3, 0.4) is 0 Å². The molecule has 0 radical (unpaired) electrons. The van der Waals surface area contributed by atoms with Crippen LogP contribution in [-0.2, 0) is 0 Å². The molecule has 116 valence electrons. The Hall–Kier alpha value is -2.81. The lowest BCUT2D eigenvalue weighted by atomic mass is 9.98. The van der Waals surface area contributed by atoms with Gasteiger partial charge in [-0.15, -0.1) is 0 Å². The van der Waals surface area contributed by atoms with E-state index in [-0.39, 0.29) is 12.4 Å². The number of hydrogen-bond acceptors (Lipinski definition) is 3. The van der Waals surface area contributed by atoms with E-state index in [9.17, 15) is 4.79 Å². The minimum atomic E-state index is -0.0545. The first-order valence-electron chi connectivity index (χ1n) is 7.57. The van der Waals surface area contributed by atoms with Gasteiger partial charge in [0.25, 0.3) is 0 Å². The van der Waals surface area contributed by atoms with E-state index in [0.29, 0.717) is 17.0 Å². The lowest BCUT2D eigenvalue weighted by Crippen LogP contribution is -2.13. The van der Waals surface area contributed by atoms with Crippen LogP contribution in [0.25, 0.3) is 10.8 Å². The summed E-state index contributed by atoms with van der Waals surface area (Å²) in [5, 5.41) is 2.05. The predicted molar refractivity (Wildman–Crippen MR) is 94.1 cm³/mol. The van der Waals surface area contributed by atoms with Crippen molar-refractivity contribution >= 4 is 22.2 Å². The Balaban J connectivity index is 1.85. The molecule has 3 rings (SSSR count). The van der Waals surface area contributed by atoms with E-state index in [1.807, 2.05) is 62.4 Å². The summed E-state index contributed by atoms with van der Waals surface area (Å²) in [6, 6.07) is 17.3. The average Bonchev–Trinajstić information content (AvgIpc) is 2.54. The average molecular weight is 305 g/mol. The molecule has 0 aliphatic rings. The van der Waals surface area contributed by atoms with Crippen LogP contribution < -0.4 is 10.5 Å². The van der Waals surface area contributed by atoms with Gasteiger partial charge < -0.3 is 10.5 Å². The molecule has 0 saturated carbocycles. The van der Waals surface area contributed by atoms with E-state index >= 15 is 0 Å². The van der Waals surface area contributed by atoms with E-state index in [2.05, 4.69) is 0 Å². The van der Waals surface area contributed by atoms with Gasteiger partial charge >= 0.3 is 0 Å². The van der Waals surface area contributed by atoms with Crippen LogP contribution in [0, 0.1) is 13.8 Å². The van der Waals surface area contributed by atoms with Crippen LogP contribution >= 0.6 is 0 Å². The number of nitrogens with two attached hydrogens (primary N) is 1. The number of nitrogen functional groups attached to an aromatic ring is 1. The molecule has 0 aliphatic carbocycles. The monoisotopic (exact) mass is 305 g/mol. The Labute approximate surface area is 135 Å². The van der Waals surface area contributed by atoms with Crippen molar-refractivity contribution in [1.29, 1.82) is 0 Å². The highest BCUT2D eigenvalue weighted by molar-refractivity contribution is 6.09. The summed E-state index contributed by atoms with van der Waals surface area (Å²) >= 11 is 0. The van der Waals surface area contributed by atoms with Crippen molar-refractivity contribution < 1.29 is 9.53 Å². The van der Waals surface area contributed by atoms with Crippen molar-refractivity contribution in [2.24, 2.45) is 0 Å². The van der Waals surface area contributed by atoms with Crippen LogP contribution in [0.15, 0.2) is 54.6 Å². The van der Waals surface area contributed by atoms with E-state index in [0.717, 1.165) is 21.9 Å². The van der Waals surface area contributed by atoms with Gasteiger partial charge in [0.05, 0.1) is 5.69 Å². The van der Waals surface area contributed by atoms with Crippen molar-refractivity contribution in [1.82, 2.24) is 0 Å². The number of ketones is 1. The van der Waals surface area contributed by atoms with Crippen LogP contribution in [0.1, 0.15) is 21.5 Å². The Morgan fingerprint density at radius 2 is 1.74 bits per heavy atom. The van der Waals surface area contributed by atoms with Gasteiger partial charge in [-0.25, -0.2) is 0 Å². The maximum Gasteiger partial charge on any atom is 0.200 e. The van der Waals surface area contributed by atoms with Crippen molar-refractivity contribution in [3.63, 3.8) is 0 Å². The van der Waals surface area contributed by atoms with Gasteiger partial charge in [-0.2, -0.15) is 0 Å². The third-order valence-corrected chi connectivity index (χ3v) is 3.97. The first-order valence-corrected chi connectivity index (χ1v) is 7.57. The molecule has 0 heterocycles. The molecule has 0 saturated heterocycles. The summed E-state index contributed by atoms with van der Waals surface area (Å²) < 4.78 is 5.61. The molecule has 0 unspecified atom stereocenters. The van der Waals surface area contributed by atoms with E-state index < -0.39 is 0 Å². The number of anilines is 1. The molecular weight excluding hydrogens is 286 g/mol. The number of aryl methyl sites for hydroxylation is 2. The highest BCUT2D eigenvalue weighted by atomic mass is 16.5. The smallest absolute Gasteiger partial charge is 0.200 e. The Kier molecular flexibility index (Phi) is 4.02. The fraction of sp³-hybridized carbons (Fsp3) is 0.150. The summed E-state index contributed by atoms with van der Waals surface area (Å²) in [5.41, 5.74) is 9.36. The van der Waals surface area contributed by atoms with Gasteiger partial charge in [-0.3, -0.25) is 4.79 Å². The van der Waals surface area contributed by atoms with Gasteiger partial charge in [-0.05, 0) is 47.9 Å². The SMILES string of the molecule is Cc1ccc(OCC(=O)c2ccc(C)c3ccccc23)c(N)c1. The topological polar surface area (TPSA) is 52.3 Å². The summed E-state index contributed by atoms with van der Waals surface area (Å²) in [6.45, 7) is 3.98. The minimum absolute atomic E-state index is 0.0275. The molecule has 0 spiro atoms. The van der Waals surface area contributed by atoms with Crippen LogP contribution in [-0.4, -0.2) is 12.4 Å². The second-order valence-corrected chi connectivity index (χ2v) is 5.73. The zero-order valence-electron chi connectivity index (χ0n) is 13.3. The molecule has 3 aromatic carbocycles.